The van der Waals surface area contributed by atoms with Crippen LogP contribution in [0.2, 0.25) is 0 Å². The first kappa shape index (κ1) is 23.7. The zero-order valence-corrected chi connectivity index (χ0v) is 22.4. The standard InChI is InChI=1S/C33H40N2/c1-7-34(8-2)30-26-23-24-17-11-12-18-25(24)27(26)28(32(5)19-13-14-20-32)29(31(30)35(9-3)10-4)33(6)21-15-16-22-33/h11-22H,7-10,23H2,1-6H3. The van der Waals surface area contributed by atoms with Crippen LogP contribution in [-0.4, -0.2) is 26.2 Å². The van der Waals surface area contributed by atoms with Crippen molar-refractivity contribution in [1.29, 1.82) is 0 Å². The molecule has 5 rings (SSSR count). The Hall–Kier alpha value is -3.00. The molecule has 0 saturated carbocycles. The van der Waals surface area contributed by atoms with E-state index in [1.165, 1.54) is 44.8 Å². The highest BCUT2D eigenvalue weighted by molar-refractivity contribution is 5.96. The number of benzene rings is 2. The molecule has 3 aliphatic rings. The van der Waals surface area contributed by atoms with Crippen LogP contribution in [-0.2, 0) is 17.3 Å². The van der Waals surface area contributed by atoms with Gasteiger partial charge in [0.1, 0.15) is 0 Å². The van der Waals surface area contributed by atoms with Crippen molar-refractivity contribution in [3.05, 3.63) is 95.1 Å². The van der Waals surface area contributed by atoms with Gasteiger partial charge in [-0.2, -0.15) is 0 Å². The second kappa shape index (κ2) is 8.90. The molecular formula is C33H40N2. The maximum absolute atomic E-state index is 2.62. The molecule has 0 saturated heterocycles. The van der Waals surface area contributed by atoms with Gasteiger partial charge in [0.05, 0.1) is 11.4 Å². The molecule has 35 heavy (non-hydrogen) atoms. The molecule has 182 valence electrons. The Bertz CT molecular complexity index is 1220. The topological polar surface area (TPSA) is 6.48 Å². The van der Waals surface area contributed by atoms with E-state index in [4.69, 9.17) is 0 Å². The minimum absolute atomic E-state index is 0.145. The van der Waals surface area contributed by atoms with Crippen LogP contribution in [0.3, 0.4) is 0 Å². The minimum atomic E-state index is -0.158. The molecule has 0 aliphatic heterocycles. The zero-order valence-electron chi connectivity index (χ0n) is 22.4. The summed E-state index contributed by atoms with van der Waals surface area (Å²) in [5.41, 5.74) is 11.4. The van der Waals surface area contributed by atoms with Crippen LogP contribution in [0.15, 0.2) is 72.9 Å². The van der Waals surface area contributed by atoms with Crippen molar-refractivity contribution in [2.24, 2.45) is 0 Å². The molecule has 0 N–H and O–H groups in total. The van der Waals surface area contributed by atoms with Crippen molar-refractivity contribution in [1.82, 2.24) is 0 Å². The van der Waals surface area contributed by atoms with Crippen molar-refractivity contribution >= 4 is 11.4 Å². The van der Waals surface area contributed by atoms with E-state index in [0.717, 1.165) is 32.6 Å². The van der Waals surface area contributed by atoms with Crippen molar-refractivity contribution in [3.8, 4) is 11.1 Å². The zero-order chi connectivity index (χ0) is 24.8. The maximum Gasteiger partial charge on any atom is 0.0655 e. The predicted molar refractivity (Wildman–Crippen MR) is 153 cm³/mol. The molecule has 2 heteroatoms. The lowest BCUT2D eigenvalue weighted by molar-refractivity contribution is 0.686. The maximum atomic E-state index is 2.62. The first-order valence-corrected chi connectivity index (χ1v) is 13.5. The normalized spacial score (nSPS) is 17.8. The average molecular weight is 465 g/mol. The molecule has 2 aromatic carbocycles. The first-order chi connectivity index (χ1) is 16.9. The molecule has 0 unspecified atom stereocenters. The van der Waals surface area contributed by atoms with Gasteiger partial charge < -0.3 is 9.80 Å². The summed E-state index contributed by atoms with van der Waals surface area (Å²) in [6.45, 7) is 18.0. The molecule has 0 heterocycles. The first-order valence-electron chi connectivity index (χ1n) is 13.5. The Morgan fingerprint density at radius 3 is 1.69 bits per heavy atom. The Balaban J connectivity index is 2.03. The third-order valence-corrected chi connectivity index (χ3v) is 8.43. The van der Waals surface area contributed by atoms with Gasteiger partial charge in [0, 0.05) is 43.4 Å². The van der Waals surface area contributed by atoms with E-state index in [-0.39, 0.29) is 10.8 Å². The van der Waals surface area contributed by atoms with E-state index in [9.17, 15) is 0 Å². The molecule has 0 radical (unpaired) electrons. The van der Waals surface area contributed by atoms with Crippen LogP contribution in [0.1, 0.15) is 63.8 Å². The van der Waals surface area contributed by atoms with Crippen molar-refractivity contribution in [2.75, 3.05) is 36.0 Å². The molecule has 2 aromatic rings. The van der Waals surface area contributed by atoms with Crippen LogP contribution in [0, 0.1) is 0 Å². The lowest BCUT2D eigenvalue weighted by Gasteiger charge is -2.42. The smallest absolute Gasteiger partial charge is 0.0655 e. The van der Waals surface area contributed by atoms with Gasteiger partial charge in [-0.15, -0.1) is 0 Å². The number of anilines is 2. The quantitative estimate of drug-likeness (QED) is 0.337. The van der Waals surface area contributed by atoms with Gasteiger partial charge in [0.25, 0.3) is 0 Å². The minimum Gasteiger partial charge on any atom is -0.370 e. The fourth-order valence-electron chi connectivity index (χ4n) is 6.61. The summed E-state index contributed by atoms with van der Waals surface area (Å²) in [7, 11) is 0. The third-order valence-electron chi connectivity index (χ3n) is 8.43. The van der Waals surface area contributed by atoms with Crippen molar-refractivity contribution in [3.63, 3.8) is 0 Å². The van der Waals surface area contributed by atoms with Crippen molar-refractivity contribution in [2.45, 2.75) is 58.8 Å². The number of allylic oxidation sites excluding steroid dienone is 8. The summed E-state index contributed by atoms with van der Waals surface area (Å²) >= 11 is 0. The summed E-state index contributed by atoms with van der Waals surface area (Å²) in [5, 5.41) is 0. The predicted octanol–water partition coefficient (Wildman–Crippen LogP) is 7.72. The van der Waals surface area contributed by atoms with E-state index in [2.05, 4.69) is 124 Å². The monoisotopic (exact) mass is 464 g/mol. The summed E-state index contributed by atoms with van der Waals surface area (Å²) < 4.78 is 0. The van der Waals surface area contributed by atoms with Gasteiger partial charge in [-0.3, -0.25) is 0 Å². The molecule has 2 nitrogen and oxygen atoms in total. The Morgan fingerprint density at radius 2 is 1.14 bits per heavy atom. The molecule has 0 amide bonds. The summed E-state index contributed by atoms with van der Waals surface area (Å²) in [6.07, 6.45) is 19.6. The van der Waals surface area contributed by atoms with Gasteiger partial charge in [0.15, 0.2) is 0 Å². The number of fused-ring (bicyclic) bond motifs is 3. The second-order valence-electron chi connectivity index (χ2n) is 10.5. The molecule has 3 aliphatic carbocycles. The summed E-state index contributed by atoms with van der Waals surface area (Å²) in [6, 6.07) is 9.11. The number of hydrogen-bond acceptors (Lipinski definition) is 2. The highest BCUT2D eigenvalue weighted by Crippen LogP contribution is 2.57. The van der Waals surface area contributed by atoms with Crippen LogP contribution < -0.4 is 9.80 Å². The summed E-state index contributed by atoms with van der Waals surface area (Å²) in [5.74, 6) is 0. The molecule has 0 aromatic heterocycles. The third kappa shape index (κ3) is 3.53. The largest absolute Gasteiger partial charge is 0.370 e. The van der Waals surface area contributed by atoms with Crippen LogP contribution in [0.25, 0.3) is 11.1 Å². The van der Waals surface area contributed by atoms with E-state index in [1.807, 2.05) is 0 Å². The van der Waals surface area contributed by atoms with Crippen LogP contribution in [0.4, 0.5) is 11.4 Å². The van der Waals surface area contributed by atoms with E-state index in [1.54, 1.807) is 0 Å². The molecule has 0 atom stereocenters. The Kier molecular flexibility index (Phi) is 6.03. The Morgan fingerprint density at radius 1 is 0.657 bits per heavy atom. The number of rotatable bonds is 8. The van der Waals surface area contributed by atoms with E-state index < -0.39 is 0 Å². The molecule has 0 spiro atoms. The molecule has 0 fully saturated rings. The fraction of sp³-hybridized carbons (Fsp3) is 0.394. The number of hydrogen-bond donors (Lipinski definition) is 0. The van der Waals surface area contributed by atoms with Crippen molar-refractivity contribution < 1.29 is 0 Å². The second-order valence-corrected chi connectivity index (χ2v) is 10.5. The highest BCUT2D eigenvalue weighted by atomic mass is 15.2. The molecular weight excluding hydrogens is 424 g/mol. The fourth-order valence-corrected chi connectivity index (χ4v) is 6.61. The lowest BCUT2D eigenvalue weighted by atomic mass is 9.68. The highest BCUT2D eigenvalue weighted by Gasteiger charge is 2.43. The average Bonchev–Trinajstić information content (AvgIpc) is 3.60. The number of nitrogens with zero attached hydrogens (tertiary/aromatic N) is 2. The van der Waals surface area contributed by atoms with Gasteiger partial charge >= 0.3 is 0 Å². The Labute approximate surface area is 212 Å². The van der Waals surface area contributed by atoms with Gasteiger partial charge in [-0.1, -0.05) is 72.9 Å². The van der Waals surface area contributed by atoms with Gasteiger partial charge in [-0.05, 0) is 74.9 Å². The van der Waals surface area contributed by atoms with Crippen LogP contribution >= 0.6 is 0 Å². The van der Waals surface area contributed by atoms with E-state index >= 15 is 0 Å². The van der Waals surface area contributed by atoms with E-state index in [0.29, 0.717) is 0 Å². The van der Waals surface area contributed by atoms with Gasteiger partial charge in [0.2, 0.25) is 0 Å². The lowest BCUT2D eigenvalue weighted by Crippen LogP contribution is -2.35. The van der Waals surface area contributed by atoms with Gasteiger partial charge in [-0.25, -0.2) is 0 Å². The van der Waals surface area contributed by atoms with Crippen LogP contribution in [0.5, 0.6) is 0 Å². The molecule has 0 bridgehead atoms. The SMILES string of the molecule is CCN(CC)c1c2c(c(C3(C)C=CC=C3)c(C3(C)C=CC=C3)c1N(CC)CC)-c1ccccc1C2. The summed E-state index contributed by atoms with van der Waals surface area (Å²) in [4.78, 5) is 5.23.